The zero-order chi connectivity index (χ0) is 16.2. The lowest BCUT2D eigenvalue weighted by Crippen LogP contribution is -2.21. The first-order valence-electron chi connectivity index (χ1n) is 6.92. The van der Waals surface area contributed by atoms with Crippen molar-refractivity contribution in [3.8, 4) is 5.75 Å². The summed E-state index contributed by atoms with van der Waals surface area (Å²) >= 11 is 4.87. The average molecular weight is 328 g/mol. The van der Waals surface area contributed by atoms with Gasteiger partial charge in [-0.1, -0.05) is 30.3 Å². The second kappa shape index (κ2) is 6.58. The van der Waals surface area contributed by atoms with E-state index >= 15 is 0 Å². The predicted octanol–water partition coefficient (Wildman–Crippen LogP) is 2.75. The Balaban J connectivity index is 1.66. The zero-order valence-corrected chi connectivity index (χ0v) is 12.8. The number of carbonyl (C=O) groups is 1. The van der Waals surface area contributed by atoms with E-state index in [1.807, 2.05) is 0 Å². The SMILES string of the molecule is O=C1NC(=S)N/C1=C/c1ccc(OCc2ccccc2F)cc1. The van der Waals surface area contributed by atoms with Crippen LogP contribution in [0, 0.1) is 5.82 Å². The van der Waals surface area contributed by atoms with Crippen molar-refractivity contribution in [2.45, 2.75) is 6.61 Å². The Labute approximate surface area is 138 Å². The monoisotopic (exact) mass is 328 g/mol. The van der Waals surface area contributed by atoms with E-state index in [1.165, 1.54) is 6.07 Å². The molecule has 0 bridgehead atoms. The summed E-state index contributed by atoms with van der Waals surface area (Å²) in [7, 11) is 0. The van der Waals surface area contributed by atoms with Crippen LogP contribution in [-0.2, 0) is 11.4 Å². The minimum Gasteiger partial charge on any atom is -0.489 e. The van der Waals surface area contributed by atoms with Gasteiger partial charge in [0.2, 0.25) is 0 Å². The highest BCUT2D eigenvalue weighted by molar-refractivity contribution is 7.80. The van der Waals surface area contributed by atoms with E-state index in [-0.39, 0.29) is 18.3 Å². The van der Waals surface area contributed by atoms with Crippen molar-refractivity contribution in [1.29, 1.82) is 0 Å². The maximum atomic E-state index is 13.5. The van der Waals surface area contributed by atoms with Crippen molar-refractivity contribution < 1.29 is 13.9 Å². The summed E-state index contributed by atoms with van der Waals surface area (Å²) in [6.07, 6.45) is 1.69. The number of carbonyl (C=O) groups excluding carboxylic acids is 1. The molecule has 4 nitrogen and oxygen atoms in total. The molecule has 6 heteroatoms. The van der Waals surface area contributed by atoms with E-state index in [2.05, 4.69) is 10.6 Å². The first kappa shape index (κ1) is 15.2. The lowest BCUT2D eigenvalue weighted by Gasteiger charge is -2.07. The van der Waals surface area contributed by atoms with E-state index in [0.29, 0.717) is 22.1 Å². The van der Waals surface area contributed by atoms with Crippen LogP contribution in [0.3, 0.4) is 0 Å². The largest absolute Gasteiger partial charge is 0.489 e. The number of thiocarbonyl (C=S) groups is 1. The van der Waals surface area contributed by atoms with Gasteiger partial charge in [0.05, 0.1) is 0 Å². The van der Waals surface area contributed by atoms with Crippen LogP contribution in [0.2, 0.25) is 0 Å². The molecule has 1 heterocycles. The number of ether oxygens (including phenoxy) is 1. The predicted molar refractivity (Wildman–Crippen MR) is 89.0 cm³/mol. The number of halogens is 1. The number of amides is 1. The number of benzene rings is 2. The van der Waals surface area contributed by atoms with Crippen LogP contribution in [0.5, 0.6) is 5.75 Å². The molecule has 0 unspecified atom stereocenters. The topological polar surface area (TPSA) is 50.4 Å². The smallest absolute Gasteiger partial charge is 0.273 e. The highest BCUT2D eigenvalue weighted by atomic mass is 32.1. The summed E-state index contributed by atoms with van der Waals surface area (Å²) < 4.78 is 19.1. The Morgan fingerprint density at radius 2 is 1.83 bits per heavy atom. The molecule has 116 valence electrons. The van der Waals surface area contributed by atoms with Gasteiger partial charge in [0.25, 0.3) is 5.91 Å². The molecule has 1 fully saturated rings. The van der Waals surface area contributed by atoms with Gasteiger partial charge >= 0.3 is 0 Å². The zero-order valence-electron chi connectivity index (χ0n) is 12.0. The molecule has 0 spiro atoms. The van der Waals surface area contributed by atoms with Crippen molar-refractivity contribution in [1.82, 2.24) is 10.6 Å². The molecule has 2 aromatic carbocycles. The van der Waals surface area contributed by atoms with Gasteiger partial charge in [-0.05, 0) is 42.1 Å². The molecular weight excluding hydrogens is 315 g/mol. The molecule has 2 N–H and O–H groups in total. The second-order valence-corrected chi connectivity index (χ2v) is 5.32. The Morgan fingerprint density at radius 3 is 2.48 bits per heavy atom. The fraction of sp³-hybridized carbons (Fsp3) is 0.0588. The summed E-state index contributed by atoms with van der Waals surface area (Å²) in [4.78, 5) is 11.6. The van der Waals surface area contributed by atoms with Gasteiger partial charge in [0.15, 0.2) is 5.11 Å². The second-order valence-electron chi connectivity index (χ2n) is 4.92. The summed E-state index contributed by atoms with van der Waals surface area (Å²) in [5.74, 6) is 0.0766. The van der Waals surface area contributed by atoms with Gasteiger partial charge < -0.3 is 10.1 Å². The van der Waals surface area contributed by atoms with E-state index in [4.69, 9.17) is 17.0 Å². The quantitative estimate of drug-likeness (QED) is 0.669. The van der Waals surface area contributed by atoms with Crippen molar-refractivity contribution in [2.24, 2.45) is 0 Å². The molecule has 0 aliphatic carbocycles. The fourth-order valence-corrected chi connectivity index (χ4v) is 2.29. The highest BCUT2D eigenvalue weighted by Gasteiger charge is 2.19. The summed E-state index contributed by atoms with van der Waals surface area (Å²) in [5.41, 5.74) is 1.72. The summed E-state index contributed by atoms with van der Waals surface area (Å²) in [6.45, 7) is 0.158. The molecule has 2 aromatic rings. The van der Waals surface area contributed by atoms with Crippen LogP contribution < -0.4 is 15.4 Å². The van der Waals surface area contributed by atoms with Crippen LogP contribution in [0.1, 0.15) is 11.1 Å². The third kappa shape index (κ3) is 3.73. The van der Waals surface area contributed by atoms with E-state index < -0.39 is 0 Å². The van der Waals surface area contributed by atoms with Gasteiger partial charge in [0.1, 0.15) is 23.9 Å². The Kier molecular flexibility index (Phi) is 4.34. The van der Waals surface area contributed by atoms with E-state index in [1.54, 1.807) is 48.5 Å². The van der Waals surface area contributed by atoms with Gasteiger partial charge in [0, 0.05) is 5.56 Å². The molecule has 1 amide bonds. The Morgan fingerprint density at radius 1 is 1.09 bits per heavy atom. The third-order valence-electron chi connectivity index (χ3n) is 3.26. The van der Waals surface area contributed by atoms with Crippen LogP contribution >= 0.6 is 12.2 Å². The molecule has 0 saturated carbocycles. The van der Waals surface area contributed by atoms with Gasteiger partial charge in [-0.2, -0.15) is 0 Å². The maximum absolute atomic E-state index is 13.5. The standard InChI is InChI=1S/C17H13FN2O2S/c18-14-4-2-1-3-12(14)10-22-13-7-5-11(6-8-13)9-15-16(21)20-17(23)19-15/h1-9H,10H2,(H2,19,20,21,23)/b15-9+. The number of nitrogens with one attached hydrogen (secondary N) is 2. The molecule has 1 aliphatic rings. The lowest BCUT2D eigenvalue weighted by atomic mass is 10.2. The number of hydrogen-bond acceptors (Lipinski definition) is 3. The number of rotatable bonds is 4. The first-order valence-corrected chi connectivity index (χ1v) is 7.33. The molecule has 23 heavy (non-hydrogen) atoms. The Hall–Kier alpha value is -2.73. The van der Waals surface area contributed by atoms with Crippen LogP contribution in [0.15, 0.2) is 54.2 Å². The van der Waals surface area contributed by atoms with E-state index in [9.17, 15) is 9.18 Å². The van der Waals surface area contributed by atoms with Crippen LogP contribution in [0.4, 0.5) is 4.39 Å². The first-order chi connectivity index (χ1) is 11.1. The molecular formula is C17H13FN2O2S. The minimum absolute atomic E-state index is 0.158. The third-order valence-corrected chi connectivity index (χ3v) is 3.47. The van der Waals surface area contributed by atoms with Crippen LogP contribution in [0.25, 0.3) is 6.08 Å². The highest BCUT2D eigenvalue weighted by Crippen LogP contribution is 2.17. The van der Waals surface area contributed by atoms with Gasteiger partial charge in [-0.3, -0.25) is 10.1 Å². The Bertz CT molecular complexity index is 787. The van der Waals surface area contributed by atoms with Crippen molar-refractivity contribution >= 4 is 29.3 Å². The van der Waals surface area contributed by atoms with Gasteiger partial charge in [-0.15, -0.1) is 0 Å². The summed E-state index contributed by atoms with van der Waals surface area (Å²) in [6, 6.07) is 13.6. The van der Waals surface area contributed by atoms with Crippen LogP contribution in [-0.4, -0.2) is 11.0 Å². The molecule has 1 aliphatic heterocycles. The lowest BCUT2D eigenvalue weighted by molar-refractivity contribution is -0.115. The van der Waals surface area contributed by atoms with E-state index in [0.717, 1.165) is 5.56 Å². The fourth-order valence-electron chi connectivity index (χ4n) is 2.09. The maximum Gasteiger partial charge on any atom is 0.273 e. The summed E-state index contributed by atoms with van der Waals surface area (Å²) in [5, 5.41) is 5.57. The molecule has 0 aromatic heterocycles. The molecule has 0 radical (unpaired) electrons. The normalized spacial score (nSPS) is 15.4. The number of hydrogen-bond donors (Lipinski definition) is 2. The van der Waals surface area contributed by atoms with Gasteiger partial charge in [-0.25, -0.2) is 4.39 Å². The average Bonchev–Trinajstić information content (AvgIpc) is 2.85. The molecule has 3 rings (SSSR count). The minimum atomic E-state index is -0.289. The van der Waals surface area contributed by atoms with Crippen molar-refractivity contribution in [3.63, 3.8) is 0 Å². The van der Waals surface area contributed by atoms with Crippen molar-refractivity contribution in [3.05, 3.63) is 71.2 Å². The molecule has 1 saturated heterocycles. The molecule has 0 atom stereocenters. The van der Waals surface area contributed by atoms with Crippen molar-refractivity contribution in [2.75, 3.05) is 0 Å².